The zero-order chi connectivity index (χ0) is 17.0. The average molecular weight is 471 g/mol. The van der Waals surface area contributed by atoms with Crippen LogP contribution in [0.2, 0.25) is 0 Å². The summed E-state index contributed by atoms with van der Waals surface area (Å²) in [6.45, 7) is 6.21. The number of halogens is 1. The molecule has 0 spiro atoms. The van der Waals surface area contributed by atoms with E-state index in [9.17, 15) is 8.42 Å². The maximum absolute atomic E-state index is 11.5. The monoisotopic (exact) mass is 471 g/mol. The van der Waals surface area contributed by atoms with Gasteiger partial charge in [-0.15, -0.1) is 24.0 Å². The normalized spacial score (nSPS) is 19.2. The third-order valence-electron chi connectivity index (χ3n) is 4.11. The number of hydrogen-bond donors (Lipinski definition) is 2. The number of hydrogen-bond acceptors (Lipinski definition) is 5. The molecule has 2 heterocycles. The van der Waals surface area contributed by atoms with E-state index in [4.69, 9.17) is 4.52 Å². The van der Waals surface area contributed by atoms with Gasteiger partial charge in [-0.05, 0) is 26.2 Å². The molecule has 2 rings (SSSR count). The molecule has 0 aliphatic carbocycles. The topological polar surface area (TPSA) is 99.8 Å². The molecule has 1 aliphatic heterocycles. The third kappa shape index (κ3) is 5.59. The van der Waals surface area contributed by atoms with Crippen molar-refractivity contribution in [2.24, 2.45) is 10.9 Å². The summed E-state index contributed by atoms with van der Waals surface area (Å²) in [4.78, 5) is 4.19. The van der Waals surface area contributed by atoms with Gasteiger partial charge >= 0.3 is 0 Å². The van der Waals surface area contributed by atoms with Gasteiger partial charge in [-0.3, -0.25) is 4.99 Å². The Hall–Kier alpha value is -0.880. The van der Waals surface area contributed by atoms with Gasteiger partial charge in [0, 0.05) is 38.8 Å². The van der Waals surface area contributed by atoms with E-state index >= 15 is 0 Å². The molecule has 0 aromatic carbocycles. The maximum Gasteiger partial charge on any atom is 0.211 e. The fourth-order valence-corrected chi connectivity index (χ4v) is 3.57. The molecule has 0 bridgehead atoms. The van der Waals surface area contributed by atoms with Crippen LogP contribution < -0.4 is 10.6 Å². The minimum absolute atomic E-state index is 0. The minimum atomic E-state index is -3.09. The van der Waals surface area contributed by atoms with Crippen molar-refractivity contribution in [1.29, 1.82) is 0 Å². The summed E-state index contributed by atoms with van der Waals surface area (Å²) >= 11 is 0. The Kier molecular flexibility index (Phi) is 7.93. The largest absolute Gasteiger partial charge is 0.361 e. The van der Waals surface area contributed by atoms with E-state index in [0.717, 1.165) is 23.4 Å². The van der Waals surface area contributed by atoms with Crippen LogP contribution in [-0.4, -0.2) is 56.8 Å². The number of sulfonamides is 1. The van der Waals surface area contributed by atoms with Gasteiger partial charge in [-0.25, -0.2) is 12.7 Å². The third-order valence-corrected chi connectivity index (χ3v) is 5.38. The fourth-order valence-electron chi connectivity index (χ4n) is 2.65. The van der Waals surface area contributed by atoms with Gasteiger partial charge in [-0.2, -0.15) is 0 Å². The summed E-state index contributed by atoms with van der Waals surface area (Å²) in [5.74, 6) is 1.77. The quantitative estimate of drug-likeness (QED) is 0.376. The molecule has 1 aliphatic rings. The van der Waals surface area contributed by atoms with Crippen molar-refractivity contribution in [2.45, 2.75) is 26.8 Å². The van der Waals surface area contributed by atoms with Crippen molar-refractivity contribution in [1.82, 2.24) is 20.1 Å². The van der Waals surface area contributed by atoms with E-state index in [2.05, 4.69) is 20.8 Å². The summed E-state index contributed by atoms with van der Waals surface area (Å²) in [7, 11) is -1.38. The van der Waals surface area contributed by atoms with E-state index in [1.54, 1.807) is 7.05 Å². The molecule has 1 atom stereocenters. The van der Waals surface area contributed by atoms with Crippen molar-refractivity contribution < 1.29 is 12.9 Å². The Labute approximate surface area is 160 Å². The van der Waals surface area contributed by atoms with Gasteiger partial charge in [0.1, 0.15) is 5.76 Å². The van der Waals surface area contributed by atoms with Crippen LogP contribution in [-0.2, 0) is 16.6 Å². The molecule has 0 saturated carbocycles. The number of rotatable bonds is 5. The Balaban J connectivity index is 0.00000288. The minimum Gasteiger partial charge on any atom is -0.361 e. The molecule has 1 aromatic rings. The second kappa shape index (κ2) is 8.99. The van der Waals surface area contributed by atoms with Crippen LogP contribution in [0.4, 0.5) is 0 Å². The van der Waals surface area contributed by atoms with Crippen LogP contribution in [0, 0.1) is 19.8 Å². The maximum atomic E-state index is 11.5. The zero-order valence-electron chi connectivity index (χ0n) is 14.5. The second-order valence-electron chi connectivity index (χ2n) is 5.89. The van der Waals surface area contributed by atoms with E-state index in [0.29, 0.717) is 38.1 Å². The van der Waals surface area contributed by atoms with Crippen molar-refractivity contribution in [3.63, 3.8) is 0 Å². The molecule has 1 unspecified atom stereocenters. The standard InChI is InChI=1S/C14H25N5O3S.HI/c1-10-13(11(2)22-18-10)8-17-14(15-3)16-7-12-5-6-19(9-12)23(4,20)21;/h12H,5-9H2,1-4H3,(H2,15,16,17);1H. The van der Waals surface area contributed by atoms with Crippen molar-refractivity contribution >= 4 is 40.0 Å². The lowest BCUT2D eigenvalue weighted by atomic mass is 10.1. The number of nitrogens with one attached hydrogen (secondary N) is 2. The molecule has 0 radical (unpaired) electrons. The first-order valence-electron chi connectivity index (χ1n) is 7.62. The second-order valence-corrected chi connectivity index (χ2v) is 7.87. The molecular formula is C14H26IN5O3S. The fraction of sp³-hybridized carbons (Fsp3) is 0.714. The Morgan fingerprint density at radius 2 is 2.12 bits per heavy atom. The number of aryl methyl sites for hydroxylation is 2. The Bertz CT molecular complexity index is 654. The number of guanidine groups is 1. The summed E-state index contributed by atoms with van der Waals surface area (Å²) < 4.78 is 29.7. The highest BCUT2D eigenvalue weighted by Crippen LogP contribution is 2.17. The number of aliphatic imine (C=N–C) groups is 1. The predicted octanol–water partition coefficient (Wildman–Crippen LogP) is 0.856. The lowest BCUT2D eigenvalue weighted by Gasteiger charge is -2.16. The molecule has 1 aromatic heterocycles. The lowest BCUT2D eigenvalue weighted by molar-refractivity contribution is 0.392. The first-order valence-corrected chi connectivity index (χ1v) is 9.47. The summed E-state index contributed by atoms with van der Waals surface area (Å²) in [6.07, 6.45) is 2.12. The number of nitrogens with zero attached hydrogens (tertiary/aromatic N) is 3. The van der Waals surface area contributed by atoms with Gasteiger partial charge in [0.15, 0.2) is 5.96 Å². The van der Waals surface area contributed by atoms with Gasteiger partial charge in [0.2, 0.25) is 10.0 Å². The lowest BCUT2D eigenvalue weighted by Crippen LogP contribution is -2.40. The SMILES string of the molecule is CN=C(NCc1c(C)noc1C)NCC1CCN(S(C)(=O)=O)C1.I. The van der Waals surface area contributed by atoms with E-state index in [-0.39, 0.29) is 24.0 Å². The van der Waals surface area contributed by atoms with Crippen molar-refractivity contribution in [3.8, 4) is 0 Å². The number of aromatic nitrogens is 1. The van der Waals surface area contributed by atoms with Crippen LogP contribution in [0.15, 0.2) is 9.52 Å². The van der Waals surface area contributed by atoms with Gasteiger partial charge in [0.25, 0.3) is 0 Å². The summed E-state index contributed by atoms with van der Waals surface area (Å²) in [6, 6.07) is 0. The van der Waals surface area contributed by atoms with Crippen LogP contribution in [0.25, 0.3) is 0 Å². The molecule has 24 heavy (non-hydrogen) atoms. The first kappa shape index (κ1) is 21.2. The van der Waals surface area contributed by atoms with Gasteiger partial charge in [-0.1, -0.05) is 5.16 Å². The van der Waals surface area contributed by atoms with E-state index < -0.39 is 10.0 Å². The highest BCUT2D eigenvalue weighted by atomic mass is 127. The van der Waals surface area contributed by atoms with Crippen molar-refractivity contribution in [3.05, 3.63) is 17.0 Å². The van der Waals surface area contributed by atoms with Crippen LogP contribution in [0.5, 0.6) is 0 Å². The molecule has 8 nitrogen and oxygen atoms in total. The van der Waals surface area contributed by atoms with Crippen LogP contribution >= 0.6 is 24.0 Å². The smallest absolute Gasteiger partial charge is 0.211 e. The molecule has 0 amide bonds. The molecule has 10 heteroatoms. The highest BCUT2D eigenvalue weighted by Gasteiger charge is 2.28. The zero-order valence-corrected chi connectivity index (χ0v) is 17.6. The Morgan fingerprint density at radius 3 is 2.62 bits per heavy atom. The molecular weight excluding hydrogens is 445 g/mol. The van der Waals surface area contributed by atoms with Gasteiger partial charge in [0.05, 0.1) is 11.9 Å². The summed E-state index contributed by atoms with van der Waals surface area (Å²) in [5.41, 5.74) is 1.89. The highest BCUT2D eigenvalue weighted by molar-refractivity contribution is 14.0. The van der Waals surface area contributed by atoms with Gasteiger partial charge < -0.3 is 15.2 Å². The average Bonchev–Trinajstić information content (AvgIpc) is 3.08. The molecule has 2 N–H and O–H groups in total. The van der Waals surface area contributed by atoms with E-state index in [1.807, 2.05) is 13.8 Å². The van der Waals surface area contributed by atoms with E-state index in [1.165, 1.54) is 10.6 Å². The van der Waals surface area contributed by atoms with Crippen LogP contribution in [0.1, 0.15) is 23.4 Å². The molecule has 1 saturated heterocycles. The predicted molar refractivity (Wildman–Crippen MR) is 104 cm³/mol. The van der Waals surface area contributed by atoms with Crippen LogP contribution in [0.3, 0.4) is 0 Å². The first-order chi connectivity index (χ1) is 10.8. The Morgan fingerprint density at radius 1 is 1.42 bits per heavy atom. The molecule has 1 fully saturated rings. The van der Waals surface area contributed by atoms with Crippen molar-refractivity contribution in [2.75, 3.05) is 32.9 Å². The summed E-state index contributed by atoms with van der Waals surface area (Å²) in [5, 5.41) is 10.4. The molecule has 138 valence electrons.